The first kappa shape index (κ1) is 19.5. The lowest BCUT2D eigenvalue weighted by atomic mass is 9.94. The number of hydrogen-bond donors (Lipinski definition) is 0. The topological polar surface area (TPSA) is 41.4 Å². The fourth-order valence-corrected chi connectivity index (χ4v) is 4.84. The molecule has 1 atom stereocenters. The number of hydrogen-bond acceptors (Lipinski definition) is 3. The number of likely N-dealkylation sites (tertiary alicyclic amines) is 1. The molecule has 2 aliphatic rings. The third-order valence-electron chi connectivity index (χ3n) is 6.30. The zero-order valence-electron chi connectivity index (χ0n) is 16.8. The summed E-state index contributed by atoms with van der Waals surface area (Å²) in [6.07, 6.45) is 5.99. The summed E-state index contributed by atoms with van der Waals surface area (Å²) >= 11 is 6.38. The summed E-state index contributed by atoms with van der Waals surface area (Å²) in [5, 5.41) is 5.13. The zero-order chi connectivity index (χ0) is 19.7. The molecule has 2 heterocycles. The summed E-state index contributed by atoms with van der Waals surface area (Å²) < 4.78 is 1.72. The van der Waals surface area contributed by atoms with Crippen molar-refractivity contribution in [2.45, 2.75) is 50.6 Å². The van der Waals surface area contributed by atoms with Crippen LogP contribution in [-0.4, -0.2) is 51.2 Å². The number of aromatic nitrogens is 2. The third-order valence-corrected chi connectivity index (χ3v) is 6.62. The minimum atomic E-state index is -0.363. The maximum Gasteiger partial charge on any atom is 0.233 e. The molecule has 0 unspecified atom stereocenters. The van der Waals surface area contributed by atoms with E-state index in [4.69, 9.17) is 11.6 Å². The van der Waals surface area contributed by atoms with Gasteiger partial charge in [-0.05, 0) is 44.3 Å². The molecule has 1 aromatic heterocycles. The van der Waals surface area contributed by atoms with E-state index in [9.17, 15) is 4.79 Å². The number of rotatable bonds is 7. The monoisotopic (exact) mass is 400 g/mol. The van der Waals surface area contributed by atoms with Crippen molar-refractivity contribution in [3.8, 4) is 0 Å². The Balaban J connectivity index is 1.60. The lowest BCUT2D eigenvalue weighted by Gasteiger charge is -2.32. The van der Waals surface area contributed by atoms with Gasteiger partial charge in [-0.3, -0.25) is 14.4 Å². The van der Waals surface area contributed by atoms with Crippen molar-refractivity contribution < 1.29 is 4.79 Å². The Bertz CT molecular complexity index is 830. The van der Waals surface area contributed by atoms with Gasteiger partial charge in [0.25, 0.3) is 0 Å². The molecule has 0 radical (unpaired) electrons. The Kier molecular flexibility index (Phi) is 5.48. The Morgan fingerprint density at radius 3 is 2.68 bits per heavy atom. The second-order valence-electron chi connectivity index (χ2n) is 8.16. The first-order valence-corrected chi connectivity index (χ1v) is 10.7. The molecule has 2 aromatic rings. The molecule has 1 aliphatic carbocycles. The van der Waals surface area contributed by atoms with Crippen molar-refractivity contribution >= 4 is 17.5 Å². The summed E-state index contributed by atoms with van der Waals surface area (Å²) in [7, 11) is 1.86. The SMILES string of the molecule is CCN1CCC[C@H]1CN(Cc1nn(C)cc1Cl)C(=O)C1(c2ccccc2)CC1. The van der Waals surface area contributed by atoms with Gasteiger partial charge >= 0.3 is 0 Å². The second-order valence-corrected chi connectivity index (χ2v) is 8.56. The Morgan fingerprint density at radius 2 is 2.07 bits per heavy atom. The Morgan fingerprint density at radius 1 is 1.32 bits per heavy atom. The number of carbonyl (C=O) groups is 1. The zero-order valence-corrected chi connectivity index (χ0v) is 17.5. The number of benzene rings is 1. The van der Waals surface area contributed by atoms with Crippen LogP contribution in [0.5, 0.6) is 0 Å². The van der Waals surface area contributed by atoms with Crippen LogP contribution in [0.25, 0.3) is 0 Å². The fourth-order valence-electron chi connectivity index (χ4n) is 4.60. The van der Waals surface area contributed by atoms with Crippen LogP contribution in [-0.2, 0) is 23.8 Å². The molecule has 1 saturated heterocycles. The van der Waals surface area contributed by atoms with Gasteiger partial charge in [0.1, 0.15) is 5.69 Å². The average Bonchev–Trinajstić information content (AvgIpc) is 3.29. The molecule has 4 rings (SSSR count). The molecule has 1 saturated carbocycles. The molecule has 1 amide bonds. The summed E-state index contributed by atoms with van der Waals surface area (Å²) in [6, 6.07) is 10.7. The van der Waals surface area contributed by atoms with E-state index in [2.05, 4.69) is 29.1 Å². The molecule has 6 heteroatoms. The van der Waals surface area contributed by atoms with E-state index in [-0.39, 0.29) is 11.3 Å². The van der Waals surface area contributed by atoms with Crippen LogP contribution in [0.15, 0.2) is 36.5 Å². The molecule has 0 N–H and O–H groups in total. The van der Waals surface area contributed by atoms with Crippen molar-refractivity contribution in [3.63, 3.8) is 0 Å². The molecular weight excluding hydrogens is 372 g/mol. The quantitative estimate of drug-likeness (QED) is 0.712. The number of halogens is 1. The van der Waals surface area contributed by atoms with Gasteiger partial charge in [0, 0.05) is 25.8 Å². The van der Waals surface area contributed by atoms with Gasteiger partial charge in [0.2, 0.25) is 5.91 Å². The maximum atomic E-state index is 13.8. The van der Waals surface area contributed by atoms with Crippen molar-refractivity contribution in [2.75, 3.05) is 19.6 Å². The standard InChI is InChI=1S/C22H29ClN4O/c1-3-26-13-7-10-18(26)14-27(16-20-19(23)15-25(2)24-20)21(28)22(11-12-22)17-8-5-4-6-9-17/h4-6,8-9,15,18H,3,7,10-14,16H2,1-2H3/t18-/m0/s1. The molecule has 5 nitrogen and oxygen atoms in total. The lowest BCUT2D eigenvalue weighted by molar-refractivity contribution is -0.135. The van der Waals surface area contributed by atoms with Gasteiger partial charge in [-0.1, -0.05) is 48.9 Å². The number of amides is 1. The molecule has 150 valence electrons. The van der Waals surface area contributed by atoms with Gasteiger partial charge in [0.15, 0.2) is 0 Å². The summed E-state index contributed by atoms with van der Waals surface area (Å²) in [5.41, 5.74) is 1.55. The average molecular weight is 401 g/mol. The number of likely N-dealkylation sites (N-methyl/N-ethyl adjacent to an activating group) is 1. The first-order chi connectivity index (χ1) is 13.5. The smallest absolute Gasteiger partial charge is 0.233 e. The predicted octanol–water partition coefficient (Wildman–Crippen LogP) is 3.62. The summed E-state index contributed by atoms with van der Waals surface area (Å²) in [5.74, 6) is 0.225. The molecule has 2 fully saturated rings. The second kappa shape index (κ2) is 7.88. The van der Waals surface area contributed by atoms with Crippen LogP contribution in [0.4, 0.5) is 0 Å². The molecule has 1 aromatic carbocycles. The highest BCUT2D eigenvalue weighted by Crippen LogP contribution is 2.50. The van der Waals surface area contributed by atoms with Crippen LogP contribution < -0.4 is 0 Å². The van der Waals surface area contributed by atoms with Crippen LogP contribution in [0.2, 0.25) is 5.02 Å². The first-order valence-electron chi connectivity index (χ1n) is 10.3. The van der Waals surface area contributed by atoms with Crippen molar-refractivity contribution in [2.24, 2.45) is 7.05 Å². The van der Waals surface area contributed by atoms with Gasteiger partial charge in [-0.2, -0.15) is 5.10 Å². The lowest BCUT2D eigenvalue weighted by Crippen LogP contribution is -2.46. The van der Waals surface area contributed by atoms with Crippen molar-refractivity contribution in [3.05, 3.63) is 52.8 Å². The molecule has 1 aliphatic heterocycles. The molecule has 0 bridgehead atoms. The van der Waals surface area contributed by atoms with E-state index >= 15 is 0 Å². The maximum absolute atomic E-state index is 13.8. The Labute approximate surface area is 172 Å². The number of aryl methyl sites for hydroxylation is 1. The van der Waals surface area contributed by atoms with Gasteiger partial charge in [0.05, 0.1) is 17.0 Å². The van der Waals surface area contributed by atoms with Crippen LogP contribution in [0.1, 0.15) is 43.9 Å². The summed E-state index contributed by atoms with van der Waals surface area (Å²) in [6.45, 7) is 5.57. The molecule has 0 spiro atoms. The minimum Gasteiger partial charge on any atom is -0.334 e. The number of carbonyl (C=O) groups excluding carboxylic acids is 1. The van der Waals surface area contributed by atoms with Crippen LogP contribution in [0.3, 0.4) is 0 Å². The highest BCUT2D eigenvalue weighted by atomic mass is 35.5. The highest BCUT2D eigenvalue weighted by molar-refractivity contribution is 6.31. The largest absolute Gasteiger partial charge is 0.334 e. The van der Waals surface area contributed by atoms with E-state index in [1.165, 1.54) is 6.42 Å². The van der Waals surface area contributed by atoms with E-state index in [1.807, 2.05) is 30.1 Å². The predicted molar refractivity (Wildman–Crippen MR) is 111 cm³/mol. The van der Waals surface area contributed by atoms with Gasteiger partial charge < -0.3 is 4.90 Å². The third kappa shape index (κ3) is 3.70. The molecule has 28 heavy (non-hydrogen) atoms. The summed E-state index contributed by atoms with van der Waals surface area (Å²) in [4.78, 5) is 18.3. The number of nitrogens with zero attached hydrogens (tertiary/aromatic N) is 4. The molecular formula is C22H29ClN4O. The Hall–Kier alpha value is -1.85. The normalized spacial score (nSPS) is 21.0. The van der Waals surface area contributed by atoms with E-state index in [1.54, 1.807) is 10.9 Å². The highest BCUT2D eigenvalue weighted by Gasteiger charge is 2.53. The van der Waals surface area contributed by atoms with Crippen molar-refractivity contribution in [1.82, 2.24) is 19.6 Å². The van der Waals surface area contributed by atoms with Crippen LogP contribution >= 0.6 is 11.6 Å². The minimum absolute atomic E-state index is 0.225. The fraction of sp³-hybridized carbons (Fsp3) is 0.545. The van der Waals surface area contributed by atoms with E-state index in [0.717, 1.165) is 50.2 Å². The van der Waals surface area contributed by atoms with Crippen molar-refractivity contribution in [1.29, 1.82) is 0 Å². The van der Waals surface area contributed by atoms with E-state index in [0.29, 0.717) is 17.6 Å². The van der Waals surface area contributed by atoms with Crippen LogP contribution in [0, 0.1) is 0 Å². The van der Waals surface area contributed by atoms with Gasteiger partial charge in [-0.25, -0.2) is 0 Å². The van der Waals surface area contributed by atoms with Gasteiger partial charge in [-0.15, -0.1) is 0 Å². The van der Waals surface area contributed by atoms with E-state index < -0.39 is 0 Å².